The third kappa shape index (κ3) is 2.84. The number of hydrogen-bond acceptors (Lipinski definition) is 7. The average Bonchev–Trinajstić information content (AvgIpc) is 2.78. The van der Waals surface area contributed by atoms with Crippen LogP contribution in [0.1, 0.15) is 45.6 Å². The van der Waals surface area contributed by atoms with Crippen LogP contribution in [0.25, 0.3) is 11.3 Å². The summed E-state index contributed by atoms with van der Waals surface area (Å²) in [6.45, 7) is 5.83. The van der Waals surface area contributed by atoms with Crippen molar-refractivity contribution in [3.63, 3.8) is 0 Å². The highest BCUT2D eigenvalue weighted by molar-refractivity contribution is 5.58. The molecule has 7 nitrogen and oxygen atoms in total. The van der Waals surface area contributed by atoms with Gasteiger partial charge < -0.3 is 24.5 Å². The Morgan fingerprint density at radius 1 is 1.19 bits per heavy atom. The summed E-state index contributed by atoms with van der Waals surface area (Å²) in [4.78, 5) is 17.1. The number of ether oxygens (including phenoxy) is 1. The maximum Gasteiger partial charge on any atom is 0.343 e. The molecule has 0 spiro atoms. The van der Waals surface area contributed by atoms with Crippen molar-refractivity contribution in [2.45, 2.75) is 64.3 Å². The molecule has 3 N–H and O–H groups in total. The maximum absolute atomic E-state index is 13.0. The molecule has 0 bridgehead atoms. The van der Waals surface area contributed by atoms with E-state index >= 15 is 0 Å². The van der Waals surface area contributed by atoms with Crippen LogP contribution in [0.2, 0.25) is 0 Å². The molecule has 0 radical (unpaired) electrons. The zero-order chi connectivity index (χ0) is 22.9. The highest BCUT2D eigenvalue weighted by Gasteiger charge is 2.66. The first-order valence-electron chi connectivity index (χ1n) is 11.4. The number of aliphatic hydroxyl groups is 3. The van der Waals surface area contributed by atoms with E-state index in [0.29, 0.717) is 41.9 Å². The van der Waals surface area contributed by atoms with Gasteiger partial charge in [-0.2, -0.15) is 0 Å². The fourth-order valence-corrected chi connectivity index (χ4v) is 6.89. The van der Waals surface area contributed by atoms with E-state index in [0.717, 1.165) is 6.42 Å². The lowest BCUT2D eigenvalue weighted by Gasteiger charge is -2.65. The monoisotopic (exact) mass is 441 g/mol. The van der Waals surface area contributed by atoms with Crippen LogP contribution in [0.3, 0.4) is 0 Å². The molecule has 172 valence electrons. The Morgan fingerprint density at radius 2 is 1.97 bits per heavy atom. The summed E-state index contributed by atoms with van der Waals surface area (Å²) in [5.41, 5.74) is -1.21. The Hall–Kier alpha value is -2.22. The molecule has 32 heavy (non-hydrogen) atoms. The maximum atomic E-state index is 13.0. The molecule has 2 aromatic rings. The molecule has 2 aromatic heterocycles. The van der Waals surface area contributed by atoms with Gasteiger partial charge in [-0.3, -0.25) is 4.98 Å². The van der Waals surface area contributed by atoms with Gasteiger partial charge in [-0.15, -0.1) is 0 Å². The summed E-state index contributed by atoms with van der Waals surface area (Å²) >= 11 is 0. The number of fused-ring (bicyclic) bond motifs is 4. The molecular formula is C25H31NO6. The second-order valence-electron chi connectivity index (χ2n) is 10.6. The van der Waals surface area contributed by atoms with Gasteiger partial charge in [0.15, 0.2) is 0 Å². The van der Waals surface area contributed by atoms with Crippen LogP contribution < -0.4 is 10.4 Å². The molecule has 1 aliphatic heterocycles. The van der Waals surface area contributed by atoms with Gasteiger partial charge in [0, 0.05) is 35.4 Å². The highest BCUT2D eigenvalue weighted by atomic mass is 16.5. The van der Waals surface area contributed by atoms with E-state index in [1.165, 1.54) is 0 Å². The minimum absolute atomic E-state index is 0.108. The van der Waals surface area contributed by atoms with Gasteiger partial charge in [0.25, 0.3) is 0 Å². The van der Waals surface area contributed by atoms with Crippen LogP contribution in [0.5, 0.6) is 5.75 Å². The normalized spacial score (nSPS) is 40.6. The van der Waals surface area contributed by atoms with Gasteiger partial charge >= 0.3 is 5.63 Å². The third-order valence-electron chi connectivity index (χ3n) is 8.95. The topological polar surface area (TPSA) is 113 Å². The molecule has 0 saturated heterocycles. The van der Waals surface area contributed by atoms with Crippen molar-refractivity contribution >= 4 is 0 Å². The van der Waals surface area contributed by atoms with Crippen LogP contribution in [0.15, 0.2) is 39.8 Å². The molecule has 3 unspecified atom stereocenters. The van der Waals surface area contributed by atoms with E-state index in [1.807, 2.05) is 19.9 Å². The summed E-state index contributed by atoms with van der Waals surface area (Å²) in [5, 5.41) is 32.3. The second-order valence-corrected chi connectivity index (χ2v) is 10.6. The van der Waals surface area contributed by atoms with Gasteiger partial charge in [0.1, 0.15) is 17.1 Å². The molecular weight excluding hydrogens is 410 g/mol. The number of aliphatic hydroxyl groups excluding tert-OH is 3. The summed E-state index contributed by atoms with van der Waals surface area (Å²) < 4.78 is 12.1. The first-order valence-corrected chi connectivity index (χ1v) is 11.4. The standard InChI is InChI=1S/C25H31NO6/c1-23-7-6-20(28)24(2,13-27)18(23)11-21(29)25(3)19(23)9-15-17(32-25)10-16(31-22(15)30)14-5-4-8-26-12-14/h4-5,8,10,12,18-21,27-29H,6-7,9,11,13H2,1-3H3/t18?,19?,20-,21-,23-,24?,25-/m0/s1. The lowest BCUT2D eigenvalue weighted by Crippen LogP contribution is -2.69. The number of pyridine rings is 1. The van der Waals surface area contributed by atoms with Crippen LogP contribution in [-0.2, 0) is 6.42 Å². The number of aromatic nitrogens is 1. The third-order valence-corrected chi connectivity index (χ3v) is 8.95. The van der Waals surface area contributed by atoms with E-state index in [9.17, 15) is 20.1 Å². The first-order chi connectivity index (χ1) is 15.1. The van der Waals surface area contributed by atoms with Crippen molar-refractivity contribution < 1.29 is 24.5 Å². The summed E-state index contributed by atoms with van der Waals surface area (Å²) in [5.74, 6) is 0.554. The highest BCUT2D eigenvalue weighted by Crippen LogP contribution is 2.64. The zero-order valence-electron chi connectivity index (χ0n) is 18.7. The molecule has 2 saturated carbocycles. The van der Waals surface area contributed by atoms with Gasteiger partial charge in [-0.25, -0.2) is 4.79 Å². The summed E-state index contributed by atoms with van der Waals surface area (Å²) in [7, 11) is 0. The molecule has 7 heteroatoms. The van der Waals surface area contributed by atoms with E-state index in [-0.39, 0.29) is 23.9 Å². The molecule has 3 aliphatic rings. The van der Waals surface area contributed by atoms with E-state index in [4.69, 9.17) is 9.15 Å². The summed E-state index contributed by atoms with van der Waals surface area (Å²) in [6, 6.07) is 5.31. The van der Waals surface area contributed by atoms with Crippen molar-refractivity contribution in [1.82, 2.24) is 4.98 Å². The molecule has 7 atom stereocenters. The van der Waals surface area contributed by atoms with Crippen molar-refractivity contribution in [2.24, 2.45) is 22.7 Å². The van der Waals surface area contributed by atoms with E-state index < -0.39 is 28.8 Å². The van der Waals surface area contributed by atoms with Crippen molar-refractivity contribution in [1.29, 1.82) is 0 Å². The fraction of sp³-hybridized carbons (Fsp3) is 0.600. The van der Waals surface area contributed by atoms with Crippen LogP contribution in [0, 0.1) is 22.7 Å². The Balaban J connectivity index is 1.60. The number of rotatable bonds is 2. The minimum atomic E-state index is -0.892. The van der Waals surface area contributed by atoms with Crippen molar-refractivity contribution in [3.05, 3.63) is 46.6 Å². The minimum Gasteiger partial charge on any atom is -0.484 e. The van der Waals surface area contributed by atoms with E-state index in [2.05, 4.69) is 11.9 Å². The van der Waals surface area contributed by atoms with E-state index in [1.54, 1.807) is 24.5 Å². The summed E-state index contributed by atoms with van der Waals surface area (Å²) in [6.07, 6.45) is 3.98. The molecule has 2 fully saturated rings. The van der Waals surface area contributed by atoms with Gasteiger partial charge in [0.2, 0.25) is 0 Å². The molecule has 0 amide bonds. The Morgan fingerprint density at radius 3 is 2.66 bits per heavy atom. The second kappa shape index (κ2) is 7.14. The van der Waals surface area contributed by atoms with Gasteiger partial charge in [-0.05, 0) is 56.1 Å². The van der Waals surface area contributed by atoms with Gasteiger partial charge in [-0.1, -0.05) is 13.8 Å². The smallest absolute Gasteiger partial charge is 0.343 e. The molecule has 3 heterocycles. The largest absolute Gasteiger partial charge is 0.484 e. The van der Waals surface area contributed by atoms with Crippen molar-refractivity contribution in [3.8, 4) is 17.1 Å². The average molecular weight is 442 g/mol. The SMILES string of the molecule is CC1(CO)C2C[C@H](O)[C@@]3(C)Oc4cc(-c5cccnc5)oc(=O)c4CC3[C@@]2(C)CC[C@@H]1O. The number of nitrogens with zero attached hydrogens (tertiary/aromatic N) is 1. The predicted octanol–water partition coefficient (Wildman–Crippen LogP) is 2.55. The Kier molecular flexibility index (Phi) is 4.82. The lowest BCUT2D eigenvalue weighted by molar-refractivity contribution is -0.240. The first kappa shape index (κ1) is 21.6. The Labute approximate surface area is 187 Å². The molecule has 5 rings (SSSR count). The molecule has 0 aromatic carbocycles. The lowest BCUT2D eigenvalue weighted by atomic mass is 9.43. The predicted molar refractivity (Wildman–Crippen MR) is 117 cm³/mol. The quantitative estimate of drug-likeness (QED) is 0.656. The number of hydrogen-bond donors (Lipinski definition) is 3. The molecule has 2 aliphatic carbocycles. The fourth-order valence-electron chi connectivity index (χ4n) is 6.89. The zero-order valence-corrected chi connectivity index (χ0v) is 18.7. The van der Waals surface area contributed by atoms with Crippen molar-refractivity contribution in [2.75, 3.05) is 6.61 Å². The van der Waals surface area contributed by atoms with Crippen LogP contribution in [-0.4, -0.2) is 44.7 Å². The van der Waals surface area contributed by atoms with Gasteiger partial charge in [0.05, 0.1) is 24.4 Å². The Bertz CT molecular complexity index is 1090. The van der Waals surface area contributed by atoms with Crippen LogP contribution in [0.4, 0.5) is 0 Å². The van der Waals surface area contributed by atoms with Crippen LogP contribution >= 0.6 is 0 Å².